The predicted octanol–water partition coefficient (Wildman–Crippen LogP) is 24.4. The lowest BCUT2D eigenvalue weighted by Crippen LogP contribution is -2.23. The van der Waals surface area contributed by atoms with Crippen LogP contribution < -0.4 is 0 Å². The van der Waals surface area contributed by atoms with Crippen molar-refractivity contribution in [3.8, 4) is 0 Å². The molecule has 0 heterocycles. The molecule has 676 valence electrons. The van der Waals surface area contributed by atoms with E-state index in [1.807, 2.05) is 52.8 Å². The number of rotatable bonds is 44. The zero-order chi connectivity index (χ0) is 90.4. The van der Waals surface area contributed by atoms with Crippen LogP contribution in [-0.2, 0) is 92.2 Å². The topological polar surface area (TPSA) is 237 Å². The first-order valence-electron chi connectivity index (χ1n) is 44.0. The summed E-state index contributed by atoms with van der Waals surface area (Å²) < 4.78 is 43.7. The Morgan fingerprint density at radius 3 is 0.833 bits per heavy atom. The fourth-order valence-corrected chi connectivity index (χ4v) is 12.2. The van der Waals surface area contributed by atoms with Crippen molar-refractivity contribution in [3.63, 3.8) is 0 Å². The van der Waals surface area contributed by atoms with Crippen LogP contribution in [0.25, 0.3) is 0 Å². The molecule has 0 aliphatic rings. The third-order valence-electron chi connectivity index (χ3n) is 17.5. The summed E-state index contributed by atoms with van der Waals surface area (Å²) in [6, 6.07) is 10.1. The number of carbonyl (C=O) groups excluding carboxylic acids is 9. The predicted molar refractivity (Wildman–Crippen MR) is 473 cm³/mol. The lowest BCUT2D eigenvalue weighted by atomic mass is 9.88. The summed E-state index contributed by atoms with van der Waals surface area (Å²) in [5.74, 6) is 6.98. The summed E-state index contributed by atoms with van der Waals surface area (Å²) in [6.45, 7) is 71.0. The van der Waals surface area contributed by atoms with Crippen molar-refractivity contribution in [2.75, 3.05) is 62.0 Å². The number of benzene rings is 1. The number of hydrogen-bond acceptors (Lipinski definition) is 18. The Morgan fingerprint density at radius 2 is 0.553 bits per heavy atom. The highest BCUT2D eigenvalue weighted by molar-refractivity contribution is 5.75. The van der Waals surface area contributed by atoms with Gasteiger partial charge in [-0.1, -0.05) is 258 Å². The molecule has 0 fully saturated rings. The van der Waals surface area contributed by atoms with Gasteiger partial charge in [0, 0.05) is 6.42 Å². The van der Waals surface area contributed by atoms with E-state index < -0.39 is 0 Å². The van der Waals surface area contributed by atoms with E-state index in [0.29, 0.717) is 110 Å². The van der Waals surface area contributed by atoms with Crippen LogP contribution >= 0.6 is 0 Å². The Morgan fingerprint density at radius 1 is 0.281 bits per heavy atom. The van der Waals surface area contributed by atoms with Gasteiger partial charge in [-0.2, -0.15) is 0 Å². The lowest BCUT2D eigenvalue weighted by molar-refractivity contribution is -0.150. The van der Waals surface area contributed by atoms with E-state index in [0.717, 1.165) is 109 Å². The molecule has 0 aromatic heterocycles. The second kappa shape index (κ2) is 79.9. The minimum atomic E-state index is -0.108. The van der Waals surface area contributed by atoms with Crippen molar-refractivity contribution in [1.29, 1.82) is 0 Å². The van der Waals surface area contributed by atoms with Crippen LogP contribution in [0.15, 0.2) is 30.3 Å². The molecule has 0 aliphatic heterocycles. The first kappa shape index (κ1) is 124. The molecule has 0 aliphatic carbocycles. The zero-order valence-electron chi connectivity index (χ0n) is 80.9. The van der Waals surface area contributed by atoms with Crippen molar-refractivity contribution >= 4 is 53.7 Å². The number of ether oxygens (including phenoxy) is 9. The molecule has 5 unspecified atom stereocenters. The highest BCUT2D eigenvalue weighted by atomic mass is 16.6. The Balaban J connectivity index is -0.000000186. The van der Waals surface area contributed by atoms with Crippen molar-refractivity contribution in [3.05, 3.63) is 35.9 Å². The minimum absolute atomic E-state index is 0.0100. The van der Waals surface area contributed by atoms with Gasteiger partial charge >= 0.3 is 53.7 Å². The maximum Gasteiger partial charge on any atom is 0.308 e. The van der Waals surface area contributed by atoms with E-state index in [9.17, 15) is 43.2 Å². The van der Waals surface area contributed by atoms with Crippen LogP contribution in [0.1, 0.15) is 343 Å². The molecule has 0 bridgehead atoms. The molecular weight excluding hydrogens is 1440 g/mol. The van der Waals surface area contributed by atoms with Crippen LogP contribution in [-0.4, -0.2) is 116 Å². The van der Waals surface area contributed by atoms with Gasteiger partial charge in [-0.25, -0.2) is 0 Å². The molecule has 1 aromatic carbocycles. The molecule has 0 N–H and O–H groups in total. The third-order valence-corrected chi connectivity index (χ3v) is 17.5. The lowest BCUT2D eigenvalue weighted by Gasteiger charge is -2.19. The first-order valence-corrected chi connectivity index (χ1v) is 44.0. The largest absolute Gasteiger partial charge is 0.469 e. The van der Waals surface area contributed by atoms with Gasteiger partial charge in [-0.3, -0.25) is 43.2 Å². The van der Waals surface area contributed by atoms with Gasteiger partial charge < -0.3 is 42.6 Å². The first-order chi connectivity index (χ1) is 52.9. The average Bonchev–Trinajstić information content (AvgIpc) is 0.896. The van der Waals surface area contributed by atoms with Gasteiger partial charge in [0.25, 0.3) is 0 Å². The number of esters is 9. The monoisotopic (exact) mass is 1630 g/mol. The van der Waals surface area contributed by atoms with E-state index in [-0.39, 0.29) is 101 Å². The quantitative estimate of drug-likeness (QED) is 0.0335. The molecule has 1 aromatic rings. The van der Waals surface area contributed by atoms with Crippen LogP contribution in [0.2, 0.25) is 0 Å². The van der Waals surface area contributed by atoms with Crippen molar-refractivity contribution in [2.45, 2.75) is 344 Å². The standard InChI is InChI=1S/C14H20O2.C14H28O2.C12H24O2.2C11H22O2.C10H20O2.C9H18O2.C8H16O2.C7H14O2/c1-11(2)9-13(14(15)16-3)10-12-7-5-4-6-8-12;1-6-7-8-16-14(15)13(9-11(2)3)10-12(4)5;1-6-14-12(13)11(7-9(2)3)8-10(4)5;1-8(2)6-10(7-9(3)4)11(12)13-5;1-5-6-7-13-11(12)10(4)8-9(2)3;1-7(2)6-9(8(3)4)10(11)12-5;1-5-11-9(10)8(4)6-7(2)3;1-6(2)5-7(3)8(9)10-4;1-6(2)4-5-7(8)9-3/h4-8,11,13H,9-10H2,1-3H3;11-13H,6-10H2,1-5H3;9-11H,6-8H2,1-5H3;8-10H,6-7H2,1-5H3;9-10H,5-8H2,1-4H3;7-9H,6H2,1-5H3;7-8H,5-6H2,1-4H3;6-7H,5H2,1-4H3;6H,4-5H2,1-3H3. The van der Waals surface area contributed by atoms with Crippen LogP contribution in [0.4, 0.5) is 0 Å². The van der Waals surface area contributed by atoms with Gasteiger partial charge in [-0.05, 0) is 193 Å². The van der Waals surface area contributed by atoms with E-state index in [4.69, 9.17) is 33.2 Å². The SMILES string of the molecule is CCCCOC(=O)C(C)CC(C)C.CCCCOC(=O)C(CC(C)C)CC(C)C.CCOC(=O)C(C)CC(C)C.CCOC(=O)C(CC(C)C)CC(C)C.COC(=O)C(C)CC(C)C.COC(=O)C(CC(C)C)C(C)C.COC(=O)C(CC(C)C)CC(C)C.COC(=O)C(Cc1ccccc1)CC(C)C.COC(=O)CCC(C)C. The van der Waals surface area contributed by atoms with Crippen LogP contribution in [0.3, 0.4) is 0 Å². The number of carbonyl (C=O) groups is 9. The Hall–Kier alpha value is -5.55. The minimum Gasteiger partial charge on any atom is -0.469 e. The van der Waals surface area contributed by atoms with Gasteiger partial charge in [0.2, 0.25) is 0 Å². The summed E-state index contributed by atoms with van der Waals surface area (Å²) in [6.07, 6.45) is 16.5. The number of methoxy groups -OCH3 is 5. The smallest absolute Gasteiger partial charge is 0.308 e. The van der Waals surface area contributed by atoms with E-state index in [1.54, 1.807) is 0 Å². The fourth-order valence-electron chi connectivity index (χ4n) is 12.2. The molecule has 18 nitrogen and oxygen atoms in total. The molecule has 0 saturated heterocycles. The number of hydrogen-bond donors (Lipinski definition) is 0. The molecule has 1 rings (SSSR count). The molecule has 5 atom stereocenters. The van der Waals surface area contributed by atoms with E-state index in [2.05, 4.69) is 215 Å². The summed E-state index contributed by atoms with van der Waals surface area (Å²) in [4.78, 5) is 101. The summed E-state index contributed by atoms with van der Waals surface area (Å²) >= 11 is 0. The normalized spacial score (nSPS) is 12.2. The van der Waals surface area contributed by atoms with Crippen molar-refractivity contribution in [1.82, 2.24) is 0 Å². The molecule has 0 amide bonds. The van der Waals surface area contributed by atoms with Gasteiger partial charge in [0.05, 0.1) is 109 Å². The maximum absolute atomic E-state index is 11.9. The Kier molecular flexibility index (Phi) is 87.0. The Labute approximate surface area is 702 Å². The molecule has 114 heavy (non-hydrogen) atoms. The fraction of sp³-hybridized carbons (Fsp3) is 0.844. The summed E-state index contributed by atoms with van der Waals surface area (Å²) in [5.41, 5.74) is 1.19. The van der Waals surface area contributed by atoms with E-state index >= 15 is 0 Å². The zero-order valence-corrected chi connectivity index (χ0v) is 80.9. The van der Waals surface area contributed by atoms with E-state index in [1.165, 1.54) is 41.1 Å². The van der Waals surface area contributed by atoms with Gasteiger partial charge in [0.15, 0.2) is 0 Å². The summed E-state index contributed by atoms with van der Waals surface area (Å²) in [7, 11) is 7.23. The number of unbranched alkanes of at least 4 members (excludes halogenated alkanes) is 2. The van der Waals surface area contributed by atoms with Crippen molar-refractivity contribution in [2.24, 2.45) is 124 Å². The second-order valence-electron chi connectivity index (χ2n) is 36.1. The van der Waals surface area contributed by atoms with Gasteiger partial charge in [0.1, 0.15) is 0 Å². The average molecular weight is 1630 g/mol. The van der Waals surface area contributed by atoms with Crippen LogP contribution in [0.5, 0.6) is 0 Å². The molecular formula is C96H184O18. The van der Waals surface area contributed by atoms with Crippen molar-refractivity contribution < 1.29 is 85.8 Å². The molecule has 0 radical (unpaired) electrons. The molecule has 0 saturated carbocycles. The highest BCUT2D eigenvalue weighted by Crippen LogP contribution is 2.26. The maximum atomic E-state index is 11.9. The second-order valence-corrected chi connectivity index (χ2v) is 36.1. The van der Waals surface area contributed by atoms with Crippen LogP contribution in [0, 0.1) is 124 Å². The molecule has 0 spiro atoms. The highest BCUT2D eigenvalue weighted by Gasteiger charge is 2.27. The summed E-state index contributed by atoms with van der Waals surface area (Å²) in [5, 5.41) is 0. The Bertz CT molecular complexity index is 2410. The van der Waals surface area contributed by atoms with Gasteiger partial charge in [-0.15, -0.1) is 0 Å². The third kappa shape index (κ3) is 85.8. The molecule has 18 heteroatoms.